The Morgan fingerprint density at radius 2 is 1.83 bits per heavy atom. The molecule has 0 radical (unpaired) electrons. The molecule has 1 fully saturated rings. The predicted octanol–water partition coefficient (Wildman–Crippen LogP) is 4.82. The van der Waals surface area contributed by atoms with Crippen LogP contribution in [0.2, 0.25) is 0 Å². The summed E-state index contributed by atoms with van der Waals surface area (Å²) in [6.45, 7) is 3.02. The van der Waals surface area contributed by atoms with Gasteiger partial charge in [0.15, 0.2) is 5.11 Å². The van der Waals surface area contributed by atoms with Gasteiger partial charge < -0.3 is 10.2 Å². The van der Waals surface area contributed by atoms with Crippen LogP contribution in [0.5, 0.6) is 0 Å². The molecule has 3 rings (SSSR count). The minimum Gasteiger partial charge on any atom is -0.342 e. The van der Waals surface area contributed by atoms with Gasteiger partial charge in [0.05, 0.1) is 0 Å². The zero-order chi connectivity index (χ0) is 16.2. The molecular weight excluding hydrogens is 307 g/mol. The fourth-order valence-corrected chi connectivity index (χ4v) is 3.09. The molecule has 23 heavy (non-hydrogen) atoms. The summed E-state index contributed by atoms with van der Waals surface area (Å²) in [5.41, 5.74) is 2.06. The van der Waals surface area contributed by atoms with Crippen LogP contribution in [0.15, 0.2) is 54.6 Å². The lowest BCUT2D eigenvalue weighted by Crippen LogP contribution is -2.41. The summed E-state index contributed by atoms with van der Waals surface area (Å²) < 4.78 is 13.0. The Kier molecular flexibility index (Phi) is 4.91. The second-order valence-corrected chi connectivity index (χ2v) is 6.52. The Morgan fingerprint density at radius 1 is 1.17 bits per heavy atom. The van der Waals surface area contributed by atoms with Crippen molar-refractivity contribution >= 4 is 23.0 Å². The molecule has 0 bridgehead atoms. The zero-order valence-corrected chi connectivity index (χ0v) is 14.0. The van der Waals surface area contributed by atoms with Crippen LogP contribution in [0.25, 0.3) is 0 Å². The fraction of sp³-hybridized carbons (Fsp3) is 0.316. The van der Waals surface area contributed by atoms with Crippen molar-refractivity contribution in [1.82, 2.24) is 4.90 Å². The van der Waals surface area contributed by atoms with Crippen molar-refractivity contribution in [3.8, 4) is 0 Å². The SMILES string of the molecule is C[C@@H](C1CC1)N(Cc1ccccc1)C(=S)Nc1ccc(F)cc1. The number of benzene rings is 2. The van der Waals surface area contributed by atoms with E-state index in [4.69, 9.17) is 12.2 Å². The standard InChI is InChI=1S/C19H21FN2S/c1-14(16-7-8-16)22(13-15-5-3-2-4-6-15)19(23)21-18-11-9-17(20)10-12-18/h2-6,9-12,14,16H,7-8,13H2,1H3,(H,21,23)/t14-/m0/s1. The molecule has 2 aromatic carbocycles. The van der Waals surface area contributed by atoms with Gasteiger partial charge in [-0.3, -0.25) is 0 Å². The van der Waals surface area contributed by atoms with E-state index >= 15 is 0 Å². The second kappa shape index (κ2) is 7.09. The zero-order valence-electron chi connectivity index (χ0n) is 13.2. The highest BCUT2D eigenvalue weighted by Gasteiger charge is 2.33. The van der Waals surface area contributed by atoms with Gasteiger partial charge in [-0.05, 0) is 67.7 Å². The highest BCUT2D eigenvalue weighted by atomic mass is 32.1. The fourth-order valence-electron chi connectivity index (χ4n) is 2.74. The molecule has 1 aliphatic carbocycles. The average Bonchev–Trinajstić information content (AvgIpc) is 3.40. The van der Waals surface area contributed by atoms with Crippen molar-refractivity contribution in [2.75, 3.05) is 5.32 Å². The molecule has 0 saturated heterocycles. The number of halogens is 1. The molecule has 2 aromatic rings. The third-order valence-corrected chi connectivity index (χ3v) is 4.68. The van der Waals surface area contributed by atoms with Gasteiger partial charge in [0.1, 0.15) is 5.82 Å². The Labute approximate surface area is 142 Å². The minimum atomic E-state index is -0.242. The monoisotopic (exact) mass is 328 g/mol. The molecule has 1 aliphatic rings. The first-order chi connectivity index (χ1) is 11.1. The van der Waals surface area contributed by atoms with E-state index in [-0.39, 0.29) is 5.82 Å². The molecule has 2 nitrogen and oxygen atoms in total. The van der Waals surface area contributed by atoms with Crippen LogP contribution in [-0.4, -0.2) is 16.1 Å². The van der Waals surface area contributed by atoms with Crippen LogP contribution in [-0.2, 0) is 6.54 Å². The molecule has 4 heteroatoms. The first kappa shape index (κ1) is 15.9. The summed E-state index contributed by atoms with van der Waals surface area (Å²) >= 11 is 5.63. The smallest absolute Gasteiger partial charge is 0.173 e. The van der Waals surface area contributed by atoms with E-state index in [9.17, 15) is 4.39 Å². The van der Waals surface area contributed by atoms with E-state index in [1.807, 2.05) is 18.2 Å². The third kappa shape index (κ3) is 4.29. The molecule has 0 aromatic heterocycles. The third-order valence-electron chi connectivity index (χ3n) is 4.35. The van der Waals surface area contributed by atoms with Crippen LogP contribution in [0, 0.1) is 11.7 Å². The maximum Gasteiger partial charge on any atom is 0.173 e. The molecule has 0 amide bonds. The van der Waals surface area contributed by atoms with E-state index in [2.05, 4.69) is 29.3 Å². The first-order valence-corrected chi connectivity index (χ1v) is 8.41. The van der Waals surface area contributed by atoms with Gasteiger partial charge in [-0.25, -0.2) is 4.39 Å². The number of rotatable bonds is 5. The summed E-state index contributed by atoms with van der Waals surface area (Å²) in [6.07, 6.45) is 2.54. The summed E-state index contributed by atoms with van der Waals surface area (Å²) in [7, 11) is 0. The highest BCUT2D eigenvalue weighted by molar-refractivity contribution is 7.80. The van der Waals surface area contributed by atoms with Gasteiger partial charge in [0.25, 0.3) is 0 Å². The van der Waals surface area contributed by atoms with Crippen LogP contribution < -0.4 is 5.32 Å². The molecule has 0 heterocycles. The van der Waals surface area contributed by atoms with Crippen LogP contribution in [0.3, 0.4) is 0 Å². The lowest BCUT2D eigenvalue weighted by atomic mass is 10.1. The summed E-state index contributed by atoms with van der Waals surface area (Å²) in [5.74, 6) is 0.473. The van der Waals surface area contributed by atoms with E-state index in [0.717, 1.165) is 12.2 Å². The van der Waals surface area contributed by atoms with E-state index in [0.29, 0.717) is 17.1 Å². The summed E-state index contributed by atoms with van der Waals surface area (Å²) in [4.78, 5) is 2.24. The summed E-state index contributed by atoms with van der Waals surface area (Å²) in [5, 5.41) is 3.94. The number of nitrogens with one attached hydrogen (secondary N) is 1. The Bertz CT molecular complexity index is 653. The molecule has 1 N–H and O–H groups in total. The van der Waals surface area contributed by atoms with Crippen molar-refractivity contribution < 1.29 is 4.39 Å². The number of hydrogen-bond acceptors (Lipinski definition) is 1. The van der Waals surface area contributed by atoms with Gasteiger partial charge in [0, 0.05) is 18.3 Å². The van der Waals surface area contributed by atoms with Gasteiger partial charge in [-0.2, -0.15) is 0 Å². The molecule has 0 unspecified atom stereocenters. The number of hydrogen-bond donors (Lipinski definition) is 1. The maximum absolute atomic E-state index is 13.0. The molecule has 120 valence electrons. The van der Waals surface area contributed by atoms with Crippen molar-refractivity contribution in [2.45, 2.75) is 32.4 Å². The summed E-state index contributed by atoms with van der Waals surface area (Å²) in [6, 6.07) is 17.1. The van der Waals surface area contributed by atoms with Gasteiger partial charge in [-0.15, -0.1) is 0 Å². The molecule has 0 spiro atoms. The maximum atomic E-state index is 13.0. The Balaban J connectivity index is 1.73. The van der Waals surface area contributed by atoms with Crippen molar-refractivity contribution in [1.29, 1.82) is 0 Å². The van der Waals surface area contributed by atoms with Crippen molar-refractivity contribution in [3.63, 3.8) is 0 Å². The first-order valence-electron chi connectivity index (χ1n) is 8.00. The largest absolute Gasteiger partial charge is 0.342 e. The lowest BCUT2D eigenvalue weighted by Gasteiger charge is -2.32. The van der Waals surface area contributed by atoms with Gasteiger partial charge >= 0.3 is 0 Å². The lowest BCUT2D eigenvalue weighted by molar-refractivity contribution is 0.298. The molecule has 0 aliphatic heterocycles. The molecule has 1 saturated carbocycles. The number of nitrogens with zero attached hydrogens (tertiary/aromatic N) is 1. The van der Waals surface area contributed by atoms with Crippen molar-refractivity contribution in [2.24, 2.45) is 5.92 Å². The number of anilines is 1. The Hall–Kier alpha value is -1.94. The number of thiocarbonyl (C=S) groups is 1. The van der Waals surface area contributed by atoms with Gasteiger partial charge in [0.2, 0.25) is 0 Å². The minimum absolute atomic E-state index is 0.242. The van der Waals surface area contributed by atoms with E-state index < -0.39 is 0 Å². The quantitative estimate of drug-likeness (QED) is 0.792. The van der Waals surface area contributed by atoms with E-state index in [1.54, 1.807) is 12.1 Å². The molecule has 1 atom stereocenters. The van der Waals surface area contributed by atoms with Crippen LogP contribution >= 0.6 is 12.2 Å². The highest BCUT2D eigenvalue weighted by Crippen LogP contribution is 2.36. The second-order valence-electron chi connectivity index (χ2n) is 6.13. The normalized spacial score (nSPS) is 15.0. The van der Waals surface area contributed by atoms with Crippen LogP contribution in [0.4, 0.5) is 10.1 Å². The average molecular weight is 328 g/mol. The topological polar surface area (TPSA) is 15.3 Å². The van der Waals surface area contributed by atoms with Gasteiger partial charge in [-0.1, -0.05) is 30.3 Å². The van der Waals surface area contributed by atoms with E-state index in [1.165, 1.54) is 30.5 Å². The van der Waals surface area contributed by atoms with Crippen LogP contribution in [0.1, 0.15) is 25.3 Å². The predicted molar refractivity (Wildman–Crippen MR) is 96.8 cm³/mol. The Morgan fingerprint density at radius 3 is 2.43 bits per heavy atom. The molecular formula is C19H21FN2S. The van der Waals surface area contributed by atoms with Crippen molar-refractivity contribution in [3.05, 3.63) is 66.0 Å².